The summed E-state index contributed by atoms with van der Waals surface area (Å²) < 4.78 is 71.3. The number of ether oxygens (including phenoxy) is 3. The van der Waals surface area contributed by atoms with Gasteiger partial charge in [-0.15, -0.1) is 0 Å². The van der Waals surface area contributed by atoms with E-state index in [0.717, 1.165) is 9.87 Å². The summed E-state index contributed by atoms with van der Waals surface area (Å²) >= 11 is 0. The first-order valence-electron chi connectivity index (χ1n) is 12.4. The fourth-order valence-corrected chi connectivity index (χ4v) is 6.93. The Labute approximate surface area is 234 Å². The van der Waals surface area contributed by atoms with Crippen LogP contribution >= 0.6 is 0 Å². The highest BCUT2D eigenvalue weighted by Gasteiger charge is 2.29. The largest absolute Gasteiger partial charge is 0.493 e. The first-order valence-corrected chi connectivity index (χ1v) is 15.2. The van der Waals surface area contributed by atoms with E-state index in [1.54, 1.807) is 18.2 Å². The van der Waals surface area contributed by atoms with E-state index in [4.69, 9.17) is 14.2 Å². The molecule has 0 saturated carbocycles. The molecule has 214 valence electrons. The number of benzene rings is 3. The van der Waals surface area contributed by atoms with Crippen LogP contribution in [0.4, 0.5) is 11.4 Å². The quantitative estimate of drug-likeness (QED) is 0.382. The molecular weight excluding hydrogens is 558 g/mol. The predicted octanol–water partition coefficient (Wildman–Crippen LogP) is 2.87. The summed E-state index contributed by atoms with van der Waals surface area (Å²) in [5.41, 5.74) is 1.39. The van der Waals surface area contributed by atoms with Gasteiger partial charge in [-0.05, 0) is 55.5 Å². The van der Waals surface area contributed by atoms with Gasteiger partial charge >= 0.3 is 0 Å². The molecule has 0 aromatic heterocycles. The molecule has 0 bridgehead atoms. The molecule has 4 rings (SSSR count). The van der Waals surface area contributed by atoms with Gasteiger partial charge in [0.1, 0.15) is 6.54 Å². The highest BCUT2D eigenvalue weighted by atomic mass is 32.2. The Morgan fingerprint density at radius 3 is 2.08 bits per heavy atom. The second kappa shape index (κ2) is 12.3. The van der Waals surface area contributed by atoms with Gasteiger partial charge in [-0.25, -0.2) is 16.8 Å². The maximum absolute atomic E-state index is 13.7. The lowest BCUT2D eigenvalue weighted by Crippen LogP contribution is -2.40. The lowest BCUT2D eigenvalue weighted by Gasteiger charge is -2.26. The zero-order valence-electron chi connectivity index (χ0n) is 22.4. The number of carbonyl (C=O) groups excluding carboxylic acids is 1. The van der Waals surface area contributed by atoms with Gasteiger partial charge in [0, 0.05) is 24.8 Å². The SMILES string of the molecule is COc1ccc(N(CC(=O)Nc2ccc(S(=O)(=O)N3CCOCC3)cc2)S(=O)(=O)c2ccc(C)cc2)cc1OC. The molecule has 0 aliphatic carbocycles. The Morgan fingerprint density at radius 2 is 1.48 bits per heavy atom. The van der Waals surface area contributed by atoms with E-state index in [2.05, 4.69) is 5.32 Å². The number of nitrogens with zero attached hydrogens (tertiary/aromatic N) is 2. The van der Waals surface area contributed by atoms with Crippen LogP contribution in [-0.4, -0.2) is 74.1 Å². The van der Waals surface area contributed by atoms with Crippen LogP contribution in [0.3, 0.4) is 0 Å². The molecule has 11 nitrogen and oxygen atoms in total. The Hall–Kier alpha value is -3.65. The van der Waals surface area contributed by atoms with Crippen LogP contribution in [0.1, 0.15) is 5.56 Å². The summed E-state index contributed by atoms with van der Waals surface area (Å²) in [5, 5.41) is 2.65. The fourth-order valence-electron chi connectivity index (χ4n) is 4.11. The van der Waals surface area contributed by atoms with E-state index in [1.165, 1.54) is 67.1 Å². The van der Waals surface area contributed by atoms with Crippen LogP contribution in [0, 0.1) is 6.92 Å². The number of aryl methyl sites for hydroxylation is 1. The van der Waals surface area contributed by atoms with E-state index in [-0.39, 0.29) is 28.6 Å². The molecule has 1 aliphatic heterocycles. The second-order valence-electron chi connectivity index (χ2n) is 8.95. The normalized spacial score (nSPS) is 14.4. The minimum atomic E-state index is -4.16. The summed E-state index contributed by atoms with van der Waals surface area (Å²) in [4.78, 5) is 13.2. The van der Waals surface area contributed by atoms with Crippen molar-refractivity contribution in [3.8, 4) is 11.5 Å². The number of nitrogens with one attached hydrogen (secondary N) is 1. The molecular formula is C27H31N3O8S2. The molecule has 0 radical (unpaired) electrons. The van der Waals surface area contributed by atoms with Crippen molar-refractivity contribution in [2.75, 3.05) is 56.7 Å². The van der Waals surface area contributed by atoms with Crippen molar-refractivity contribution < 1.29 is 35.8 Å². The van der Waals surface area contributed by atoms with Gasteiger partial charge in [-0.2, -0.15) is 4.31 Å². The summed E-state index contributed by atoms with van der Waals surface area (Å²) in [6.45, 7) is 2.47. The number of rotatable bonds is 10. The maximum Gasteiger partial charge on any atom is 0.264 e. The lowest BCUT2D eigenvalue weighted by molar-refractivity contribution is -0.114. The Kier molecular flexibility index (Phi) is 8.98. The van der Waals surface area contributed by atoms with Crippen LogP contribution in [0.5, 0.6) is 11.5 Å². The first kappa shape index (κ1) is 29.3. The molecule has 0 unspecified atom stereocenters. The third-order valence-corrected chi connectivity index (χ3v) is 10.00. The van der Waals surface area contributed by atoms with Gasteiger partial charge in [0.05, 0.1) is 42.9 Å². The monoisotopic (exact) mass is 589 g/mol. The molecule has 3 aromatic rings. The number of hydrogen-bond donors (Lipinski definition) is 1. The van der Waals surface area contributed by atoms with Gasteiger partial charge in [-0.1, -0.05) is 17.7 Å². The minimum absolute atomic E-state index is 0.0124. The van der Waals surface area contributed by atoms with Gasteiger partial charge in [0.15, 0.2) is 11.5 Å². The summed E-state index contributed by atoms with van der Waals surface area (Å²) in [6, 6.07) is 16.6. The van der Waals surface area contributed by atoms with Crippen LogP contribution in [0.15, 0.2) is 76.5 Å². The van der Waals surface area contributed by atoms with E-state index >= 15 is 0 Å². The van der Waals surface area contributed by atoms with Crippen LogP contribution in [-0.2, 0) is 29.6 Å². The first-order chi connectivity index (χ1) is 19.1. The molecule has 1 heterocycles. The molecule has 1 amide bonds. The van der Waals surface area contributed by atoms with Gasteiger partial charge < -0.3 is 19.5 Å². The van der Waals surface area contributed by atoms with Crippen LogP contribution < -0.4 is 19.1 Å². The molecule has 1 fully saturated rings. The molecule has 1 N–H and O–H groups in total. The third kappa shape index (κ3) is 6.39. The molecule has 1 saturated heterocycles. The summed E-state index contributed by atoms with van der Waals surface area (Å²) in [5.74, 6) is 0.0614. The van der Waals surface area contributed by atoms with Crippen LogP contribution in [0.2, 0.25) is 0 Å². The number of morpholine rings is 1. The van der Waals surface area contributed by atoms with Crippen molar-refractivity contribution in [2.45, 2.75) is 16.7 Å². The molecule has 40 heavy (non-hydrogen) atoms. The topological polar surface area (TPSA) is 132 Å². The third-order valence-electron chi connectivity index (χ3n) is 6.30. The molecule has 0 atom stereocenters. The van der Waals surface area contributed by atoms with E-state index in [1.807, 2.05) is 6.92 Å². The van der Waals surface area contributed by atoms with Crippen molar-refractivity contribution in [1.29, 1.82) is 0 Å². The van der Waals surface area contributed by atoms with Crippen molar-refractivity contribution in [3.63, 3.8) is 0 Å². The molecule has 13 heteroatoms. The van der Waals surface area contributed by atoms with Gasteiger partial charge in [0.25, 0.3) is 10.0 Å². The van der Waals surface area contributed by atoms with Gasteiger partial charge in [0.2, 0.25) is 15.9 Å². The number of methoxy groups -OCH3 is 2. The number of carbonyl (C=O) groups is 1. The molecule has 3 aromatic carbocycles. The number of amides is 1. The van der Waals surface area contributed by atoms with E-state index in [9.17, 15) is 21.6 Å². The van der Waals surface area contributed by atoms with Crippen molar-refractivity contribution in [2.24, 2.45) is 0 Å². The maximum atomic E-state index is 13.7. The van der Waals surface area contributed by atoms with Gasteiger partial charge in [-0.3, -0.25) is 9.10 Å². The smallest absolute Gasteiger partial charge is 0.264 e. The second-order valence-corrected chi connectivity index (χ2v) is 12.8. The Bertz CT molecular complexity index is 1550. The summed E-state index contributed by atoms with van der Waals surface area (Å²) in [6.07, 6.45) is 0. The zero-order chi connectivity index (χ0) is 28.9. The zero-order valence-corrected chi connectivity index (χ0v) is 24.0. The van der Waals surface area contributed by atoms with Crippen LogP contribution in [0.25, 0.3) is 0 Å². The average molecular weight is 590 g/mol. The predicted molar refractivity (Wildman–Crippen MR) is 150 cm³/mol. The Morgan fingerprint density at radius 1 is 0.875 bits per heavy atom. The molecule has 1 aliphatic rings. The van der Waals surface area contributed by atoms with Crippen molar-refractivity contribution in [1.82, 2.24) is 4.31 Å². The standard InChI is InChI=1S/C27H31N3O8S2/c1-20-4-9-24(10-5-20)40(34,35)30(22-8-13-25(36-2)26(18-22)37-3)19-27(31)28-21-6-11-23(12-7-21)39(32,33)29-14-16-38-17-15-29/h4-13,18H,14-17,19H2,1-3H3,(H,28,31). The van der Waals surface area contributed by atoms with E-state index in [0.29, 0.717) is 30.4 Å². The number of anilines is 2. The molecule has 0 spiro atoms. The Balaban J connectivity index is 1.59. The highest BCUT2D eigenvalue weighted by Crippen LogP contribution is 2.34. The summed E-state index contributed by atoms with van der Waals surface area (Å²) in [7, 11) is -4.97. The van der Waals surface area contributed by atoms with E-state index < -0.39 is 32.5 Å². The van der Waals surface area contributed by atoms with Crippen molar-refractivity contribution in [3.05, 3.63) is 72.3 Å². The average Bonchev–Trinajstić information content (AvgIpc) is 2.96. The number of sulfonamides is 2. The van der Waals surface area contributed by atoms with Crippen molar-refractivity contribution >= 4 is 37.3 Å². The highest BCUT2D eigenvalue weighted by molar-refractivity contribution is 7.92. The number of hydrogen-bond acceptors (Lipinski definition) is 8. The minimum Gasteiger partial charge on any atom is -0.493 e. The fraction of sp³-hybridized carbons (Fsp3) is 0.296. The lowest BCUT2D eigenvalue weighted by atomic mass is 10.2.